The number of aromatic nitrogens is 2. The third-order valence-corrected chi connectivity index (χ3v) is 3.70. The van der Waals surface area contributed by atoms with Gasteiger partial charge in [-0.15, -0.1) is 12.4 Å². The molecule has 2 N–H and O–H groups in total. The summed E-state index contributed by atoms with van der Waals surface area (Å²) >= 11 is 0. The van der Waals surface area contributed by atoms with Crippen molar-refractivity contribution in [3.05, 3.63) is 36.7 Å². The fourth-order valence-electron chi connectivity index (χ4n) is 1.67. The van der Waals surface area contributed by atoms with Gasteiger partial charge < -0.3 is 5.73 Å². The SMILES string of the molecule is CS(=O)(=O)c1cccc(-c2cnn(CCN)c2)c1.Cl. The highest BCUT2D eigenvalue weighted by Gasteiger charge is 2.09. The highest BCUT2D eigenvalue weighted by molar-refractivity contribution is 7.90. The van der Waals surface area contributed by atoms with Gasteiger partial charge in [-0.2, -0.15) is 5.10 Å². The molecule has 2 aromatic rings. The number of nitrogens with zero attached hydrogens (tertiary/aromatic N) is 2. The predicted octanol–water partition coefficient (Wildman–Crippen LogP) is 1.33. The molecule has 0 amide bonds. The first-order valence-electron chi connectivity index (χ1n) is 5.54. The lowest BCUT2D eigenvalue weighted by Gasteiger charge is -2.01. The smallest absolute Gasteiger partial charge is 0.175 e. The lowest BCUT2D eigenvalue weighted by Crippen LogP contribution is -2.09. The number of hydrogen-bond acceptors (Lipinski definition) is 4. The molecule has 7 heteroatoms. The lowest BCUT2D eigenvalue weighted by atomic mass is 10.1. The summed E-state index contributed by atoms with van der Waals surface area (Å²) in [5.41, 5.74) is 7.17. The average molecular weight is 302 g/mol. The van der Waals surface area contributed by atoms with Crippen LogP contribution in [0.1, 0.15) is 0 Å². The zero-order valence-corrected chi connectivity index (χ0v) is 12.1. The van der Waals surface area contributed by atoms with E-state index in [4.69, 9.17) is 5.73 Å². The first-order valence-corrected chi connectivity index (χ1v) is 7.43. The molecular weight excluding hydrogens is 286 g/mol. The van der Waals surface area contributed by atoms with E-state index in [1.165, 1.54) is 6.26 Å². The highest BCUT2D eigenvalue weighted by atomic mass is 35.5. The van der Waals surface area contributed by atoms with Crippen molar-refractivity contribution in [3.8, 4) is 11.1 Å². The normalized spacial score (nSPS) is 11.1. The summed E-state index contributed by atoms with van der Waals surface area (Å²) in [6.45, 7) is 1.16. The van der Waals surface area contributed by atoms with Gasteiger partial charge in [-0.25, -0.2) is 8.42 Å². The Balaban J connectivity index is 0.00000180. The van der Waals surface area contributed by atoms with Crippen LogP contribution in [0.4, 0.5) is 0 Å². The zero-order chi connectivity index (χ0) is 13.2. The Morgan fingerprint density at radius 2 is 2.05 bits per heavy atom. The minimum atomic E-state index is -3.18. The molecule has 1 aromatic heterocycles. The Bertz CT molecular complexity index is 652. The molecule has 0 saturated heterocycles. The highest BCUT2D eigenvalue weighted by Crippen LogP contribution is 2.21. The molecule has 0 radical (unpaired) electrons. The number of hydrogen-bond donors (Lipinski definition) is 1. The molecule has 0 fully saturated rings. The van der Waals surface area contributed by atoms with Gasteiger partial charge in [-0.3, -0.25) is 4.68 Å². The molecule has 0 spiro atoms. The molecule has 1 aromatic carbocycles. The summed E-state index contributed by atoms with van der Waals surface area (Å²) in [6, 6.07) is 6.83. The Labute approximate surface area is 118 Å². The van der Waals surface area contributed by atoms with Gasteiger partial charge >= 0.3 is 0 Å². The maximum Gasteiger partial charge on any atom is 0.175 e. The molecule has 104 valence electrons. The van der Waals surface area contributed by atoms with Crippen LogP contribution >= 0.6 is 12.4 Å². The molecule has 2 rings (SSSR count). The van der Waals surface area contributed by atoms with Gasteiger partial charge in [0.25, 0.3) is 0 Å². The first kappa shape index (κ1) is 15.7. The fourth-order valence-corrected chi connectivity index (χ4v) is 2.34. The molecule has 0 atom stereocenters. The van der Waals surface area contributed by atoms with E-state index in [-0.39, 0.29) is 12.4 Å². The molecular formula is C12H16ClN3O2S. The van der Waals surface area contributed by atoms with Crippen LogP contribution in [0.5, 0.6) is 0 Å². The largest absolute Gasteiger partial charge is 0.329 e. The van der Waals surface area contributed by atoms with Gasteiger partial charge in [0, 0.05) is 24.6 Å². The number of benzene rings is 1. The van der Waals surface area contributed by atoms with Crippen molar-refractivity contribution < 1.29 is 8.42 Å². The van der Waals surface area contributed by atoms with Crippen LogP contribution in [0.3, 0.4) is 0 Å². The molecule has 0 aliphatic rings. The van der Waals surface area contributed by atoms with E-state index >= 15 is 0 Å². The Hall–Kier alpha value is -1.37. The maximum absolute atomic E-state index is 11.5. The molecule has 0 bridgehead atoms. The van der Waals surface area contributed by atoms with Crippen molar-refractivity contribution in [3.63, 3.8) is 0 Å². The van der Waals surface area contributed by atoms with Gasteiger partial charge in [-0.1, -0.05) is 12.1 Å². The predicted molar refractivity (Wildman–Crippen MR) is 77.1 cm³/mol. The van der Waals surface area contributed by atoms with Crippen LogP contribution in [0, 0.1) is 0 Å². The van der Waals surface area contributed by atoms with Crippen LogP contribution in [-0.2, 0) is 16.4 Å². The zero-order valence-electron chi connectivity index (χ0n) is 10.5. The van der Waals surface area contributed by atoms with E-state index in [1.807, 2.05) is 12.3 Å². The number of nitrogens with two attached hydrogens (primary N) is 1. The molecule has 19 heavy (non-hydrogen) atoms. The number of rotatable bonds is 4. The van der Waals surface area contributed by atoms with E-state index < -0.39 is 9.84 Å². The van der Waals surface area contributed by atoms with Crippen molar-refractivity contribution in [2.75, 3.05) is 12.8 Å². The summed E-state index contributed by atoms with van der Waals surface area (Å²) in [7, 11) is -3.18. The van der Waals surface area contributed by atoms with E-state index in [0.29, 0.717) is 18.0 Å². The number of sulfone groups is 1. The topological polar surface area (TPSA) is 78.0 Å². The van der Waals surface area contributed by atoms with Crippen molar-refractivity contribution >= 4 is 22.2 Å². The van der Waals surface area contributed by atoms with Crippen LogP contribution in [0.15, 0.2) is 41.6 Å². The Kier molecular flexibility index (Phi) is 5.11. The molecule has 0 unspecified atom stereocenters. The third-order valence-electron chi connectivity index (χ3n) is 2.59. The molecule has 0 saturated carbocycles. The van der Waals surface area contributed by atoms with E-state index in [0.717, 1.165) is 11.1 Å². The van der Waals surface area contributed by atoms with E-state index in [9.17, 15) is 8.42 Å². The minimum Gasteiger partial charge on any atom is -0.329 e. The summed E-state index contributed by atoms with van der Waals surface area (Å²) in [4.78, 5) is 0.312. The summed E-state index contributed by atoms with van der Waals surface area (Å²) in [6.07, 6.45) is 4.76. The van der Waals surface area contributed by atoms with Gasteiger partial charge in [0.1, 0.15) is 0 Å². The van der Waals surface area contributed by atoms with Gasteiger partial charge in [0.15, 0.2) is 9.84 Å². The monoisotopic (exact) mass is 301 g/mol. The van der Waals surface area contributed by atoms with Crippen molar-refractivity contribution in [2.45, 2.75) is 11.4 Å². The van der Waals surface area contributed by atoms with E-state index in [1.54, 1.807) is 29.1 Å². The van der Waals surface area contributed by atoms with Gasteiger partial charge in [0.05, 0.1) is 17.6 Å². The average Bonchev–Trinajstić information content (AvgIpc) is 2.77. The summed E-state index contributed by atoms with van der Waals surface area (Å²) in [5, 5.41) is 4.16. The van der Waals surface area contributed by atoms with Crippen LogP contribution in [0.2, 0.25) is 0 Å². The van der Waals surface area contributed by atoms with Crippen molar-refractivity contribution in [1.82, 2.24) is 9.78 Å². The lowest BCUT2D eigenvalue weighted by molar-refractivity contribution is 0.602. The Morgan fingerprint density at radius 1 is 1.32 bits per heavy atom. The molecule has 5 nitrogen and oxygen atoms in total. The van der Waals surface area contributed by atoms with Crippen LogP contribution < -0.4 is 5.73 Å². The quantitative estimate of drug-likeness (QED) is 0.924. The Morgan fingerprint density at radius 3 is 2.68 bits per heavy atom. The summed E-state index contributed by atoms with van der Waals surface area (Å²) < 4.78 is 24.7. The number of halogens is 1. The van der Waals surface area contributed by atoms with Crippen LogP contribution in [0.25, 0.3) is 11.1 Å². The van der Waals surface area contributed by atoms with Gasteiger partial charge in [-0.05, 0) is 17.7 Å². The second kappa shape index (κ2) is 6.18. The standard InChI is InChI=1S/C12H15N3O2S.ClH/c1-18(16,17)12-4-2-3-10(7-12)11-8-14-15(9-11)6-5-13;/h2-4,7-9H,5-6,13H2,1H3;1H. The van der Waals surface area contributed by atoms with Gasteiger partial charge in [0.2, 0.25) is 0 Å². The first-order chi connectivity index (χ1) is 8.50. The fraction of sp³-hybridized carbons (Fsp3) is 0.250. The minimum absolute atomic E-state index is 0. The van der Waals surface area contributed by atoms with Crippen molar-refractivity contribution in [2.24, 2.45) is 5.73 Å². The second-order valence-electron chi connectivity index (χ2n) is 4.08. The van der Waals surface area contributed by atoms with Crippen LogP contribution in [-0.4, -0.2) is 31.0 Å². The molecule has 0 aliphatic carbocycles. The van der Waals surface area contributed by atoms with E-state index in [2.05, 4.69) is 5.10 Å². The molecule has 0 aliphatic heterocycles. The molecule has 1 heterocycles. The maximum atomic E-state index is 11.5. The third kappa shape index (κ3) is 3.79. The summed E-state index contributed by atoms with van der Waals surface area (Å²) in [5.74, 6) is 0. The van der Waals surface area contributed by atoms with Crippen molar-refractivity contribution in [1.29, 1.82) is 0 Å². The second-order valence-corrected chi connectivity index (χ2v) is 6.10.